The highest BCUT2D eigenvalue weighted by Gasteiger charge is 2.14. The van der Waals surface area contributed by atoms with Crippen LogP contribution in [0.25, 0.3) is 11.2 Å². The summed E-state index contributed by atoms with van der Waals surface area (Å²) in [5, 5.41) is 18.0. The Bertz CT molecular complexity index is 774. The summed E-state index contributed by atoms with van der Waals surface area (Å²) in [4.78, 5) is 30.2. The molecule has 0 aromatic carbocycles. The minimum Gasteiger partial charge on any atom is -0.394 e. The van der Waals surface area contributed by atoms with Crippen LogP contribution in [0.3, 0.4) is 0 Å². The van der Waals surface area contributed by atoms with Gasteiger partial charge in [-0.2, -0.15) is 0 Å². The van der Waals surface area contributed by atoms with Crippen molar-refractivity contribution < 1.29 is 10.2 Å². The Balaban J connectivity index is 1.98. The number of hydrogen-bond donors (Lipinski definition) is 3. The molecule has 2 rings (SSSR count). The maximum absolute atomic E-state index is 11.9. The van der Waals surface area contributed by atoms with Crippen molar-refractivity contribution in [2.24, 2.45) is 14.1 Å². The van der Waals surface area contributed by atoms with E-state index in [2.05, 4.69) is 9.97 Å². The first-order valence-electron chi connectivity index (χ1n) is 7.89. The molecule has 0 amide bonds. The second-order valence-corrected chi connectivity index (χ2v) is 5.87. The van der Waals surface area contributed by atoms with Crippen LogP contribution in [0, 0.1) is 0 Å². The fourth-order valence-electron chi connectivity index (χ4n) is 2.68. The molecule has 0 aliphatic heterocycles. The Morgan fingerprint density at radius 2 is 1.83 bits per heavy atom. The molecule has 0 spiro atoms. The lowest BCUT2D eigenvalue weighted by Crippen LogP contribution is -2.29. The van der Waals surface area contributed by atoms with E-state index in [1.54, 1.807) is 18.7 Å². The Morgan fingerprint density at radius 1 is 1.13 bits per heavy atom. The molecule has 0 aliphatic carbocycles. The number of nitrogens with one attached hydrogen (secondary N) is 1. The highest BCUT2D eigenvalue weighted by Crippen LogP contribution is 2.13. The zero-order chi connectivity index (χ0) is 17.0. The largest absolute Gasteiger partial charge is 0.394 e. The molecule has 128 valence electrons. The number of aryl methyl sites for hydroxylation is 3. The summed E-state index contributed by atoms with van der Waals surface area (Å²) >= 11 is 0. The minimum absolute atomic E-state index is 0.187. The quantitative estimate of drug-likeness (QED) is 0.582. The summed E-state index contributed by atoms with van der Waals surface area (Å²) in [5.41, 5.74) is -0.0626. The highest BCUT2D eigenvalue weighted by atomic mass is 16.3. The van der Waals surface area contributed by atoms with Gasteiger partial charge in [-0.3, -0.25) is 14.3 Å². The van der Waals surface area contributed by atoms with E-state index in [0.29, 0.717) is 17.6 Å². The van der Waals surface area contributed by atoms with E-state index in [1.165, 1.54) is 4.57 Å². The van der Waals surface area contributed by atoms with Crippen LogP contribution in [-0.2, 0) is 20.5 Å². The van der Waals surface area contributed by atoms with Gasteiger partial charge in [0.25, 0.3) is 5.56 Å². The van der Waals surface area contributed by atoms with Gasteiger partial charge in [-0.05, 0) is 12.8 Å². The first kappa shape index (κ1) is 17.4. The van der Waals surface area contributed by atoms with Crippen LogP contribution < -0.4 is 11.2 Å². The zero-order valence-electron chi connectivity index (χ0n) is 13.6. The summed E-state index contributed by atoms with van der Waals surface area (Å²) in [5.74, 6) is 0.780. The standard InChI is InChI=1S/C15H24N4O4/c1-18-11(8-6-4-3-5-7-10(21)9-20)16-13-12(18)14(22)17-15(23)19(13)2/h10,20-21H,3-9H2,1-2H3,(H,17,22,23). The average molecular weight is 324 g/mol. The van der Waals surface area contributed by atoms with Gasteiger partial charge in [0.15, 0.2) is 11.2 Å². The normalized spacial score (nSPS) is 12.9. The number of aliphatic hydroxyl groups is 2. The third kappa shape index (κ3) is 3.89. The van der Waals surface area contributed by atoms with Gasteiger partial charge >= 0.3 is 5.69 Å². The van der Waals surface area contributed by atoms with Crippen LogP contribution in [0.4, 0.5) is 0 Å². The van der Waals surface area contributed by atoms with E-state index in [-0.39, 0.29) is 6.61 Å². The summed E-state index contributed by atoms with van der Waals surface area (Å²) in [6, 6.07) is 0. The van der Waals surface area contributed by atoms with Crippen molar-refractivity contribution in [3.63, 3.8) is 0 Å². The second kappa shape index (κ2) is 7.56. The predicted molar refractivity (Wildman–Crippen MR) is 86.5 cm³/mol. The van der Waals surface area contributed by atoms with Gasteiger partial charge < -0.3 is 14.8 Å². The second-order valence-electron chi connectivity index (χ2n) is 5.87. The predicted octanol–water partition coefficient (Wildman–Crippen LogP) is -0.193. The van der Waals surface area contributed by atoms with Gasteiger partial charge in [0.2, 0.25) is 0 Å². The molecule has 23 heavy (non-hydrogen) atoms. The maximum Gasteiger partial charge on any atom is 0.329 e. The molecule has 8 heteroatoms. The third-order valence-electron chi connectivity index (χ3n) is 4.13. The first-order chi connectivity index (χ1) is 11.0. The molecule has 1 unspecified atom stereocenters. The van der Waals surface area contributed by atoms with Gasteiger partial charge in [-0.1, -0.05) is 19.3 Å². The van der Waals surface area contributed by atoms with Crippen LogP contribution >= 0.6 is 0 Å². The molecule has 2 heterocycles. The van der Waals surface area contributed by atoms with Crippen molar-refractivity contribution in [1.29, 1.82) is 0 Å². The molecular weight excluding hydrogens is 300 g/mol. The number of H-pyrrole nitrogens is 1. The molecule has 2 aromatic heterocycles. The molecular formula is C15H24N4O4. The summed E-state index contributed by atoms with van der Waals surface area (Å²) in [6.07, 6.45) is 4.46. The van der Waals surface area contributed by atoms with Gasteiger partial charge in [0.05, 0.1) is 12.7 Å². The van der Waals surface area contributed by atoms with Crippen LogP contribution in [0.5, 0.6) is 0 Å². The number of fused-ring (bicyclic) bond motifs is 1. The summed E-state index contributed by atoms with van der Waals surface area (Å²) in [6.45, 7) is -0.187. The van der Waals surface area contributed by atoms with Crippen molar-refractivity contribution in [1.82, 2.24) is 19.1 Å². The van der Waals surface area contributed by atoms with Crippen molar-refractivity contribution in [3.05, 3.63) is 26.7 Å². The number of aromatic nitrogens is 4. The SMILES string of the molecule is Cn1c(CCCCCCC(O)CO)nc2c1c(=O)[nH]c(=O)n2C. The van der Waals surface area contributed by atoms with Crippen molar-refractivity contribution in [3.8, 4) is 0 Å². The van der Waals surface area contributed by atoms with Crippen molar-refractivity contribution >= 4 is 11.2 Å². The Hall–Kier alpha value is -1.93. The molecule has 8 nitrogen and oxygen atoms in total. The summed E-state index contributed by atoms with van der Waals surface area (Å²) < 4.78 is 3.08. The van der Waals surface area contributed by atoms with E-state index >= 15 is 0 Å². The fourth-order valence-corrected chi connectivity index (χ4v) is 2.68. The average Bonchev–Trinajstić information content (AvgIpc) is 2.85. The van der Waals surface area contributed by atoms with Gasteiger partial charge in [-0.25, -0.2) is 9.78 Å². The topological polar surface area (TPSA) is 113 Å². The lowest BCUT2D eigenvalue weighted by molar-refractivity contribution is 0.0860. The van der Waals surface area contributed by atoms with E-state index in [0.717, 1.165) is 37.9 Å². The molecule has 0 bridgehead atoms. The molecule has 2 aromatic rings. The van der Waals surface area contributed by atoms with Crippen LogP contribution in [0.2, 0.25) is 0 Å². The maximum atomic E-state index is 11.9. The number of rotatable bonds is 8. The van der Waals surface area contributed by atoms with E-state index in [1.807, 2.05) is 0 Å². The molecule has 0 saturated heterocycles. The molecule has 0 radical (unpaired) electrons. The number of unbranched alkanes of at least 4 members (excludes halogenated alkanes) is 3. The number of aromatic amines is 1. The molecule has 0 saturated carbocycles. The molecule has 3 N–H and O–H groups in total. The van der Waals surface area contributed by atoms with E-state index in [9.17, 15) is 14.7 Å². The van der Waals surface area contributed by atoms with Crippen LogP contribution in [0.15, 0.2) is 9.59 Å². The number of hydrogen-bond acceptors (Lipinski definition) is 5. The number of imidazole rings is 1. The van der Waals surface area contributed by atoms with E-state index in [4.69, 9.17) is 5.11 Å². The molecule has 0 aliphatic rings. The minimum atomic E-state index is -0.622. The van der Waals surface area contributed by atoms with Crippen molar-refractivity contribution in [2.45, 2.75) is 44.6 Å². The van der Waals surface area contributed by atoms with Gasteiger partial charge in [0.1, 0.15) is 5.82 Å². The Labute approximate surface area is 133 Å². The van der Waals surface area contributed by atoms with E-state index < -0.39 is 17.4 Å². The first-order valence-corrected chi connectivity index (χ1v) is 7.89. The molecule has 1 atom stereocenters. The van der Waals surface area contributed by atoms with Gasteiger partial charge in [0, 0.05) is 20.5 Å². The Kier molecular flexibility index (Phi) is 5.73. The lowest BCUT2D eigenvalue weighted by Gasteiger charge is -2.06. The van der Waals surface area contributed by atoms with Crippen LogP contribution in [-0.4, -0.2) is 42.0 Å². The Morgan fingerprint density at radius 3 is 2.52 bits per heavy atom. The smallest absolute Gasteiger partial charge is 0.329 e. The lowest BCUT2D eigenvalue weighted by atomic mass is 10.1. The fraction of sp³-hybridized carbons (Fsp3) is 0.667. The van der Waals surface area contributed by atoms with Crippen LogP contribution in [0.1, 0.15) is 37.9 Å². The number of nitrogens with zero attached hydrogens (tertiary/aromatic N) is 3. The highest BCUT2D eigenvalue weighted by molar-refractivity contribution is 5.70. The van der Waals surface area contributed by atoms with Crippen molar-refractivity contribution in [2.75, 3.05) is 6.61 Å². The zero-order valence-corrected chi connectivity index (χ0v) is 13.6. The van der Waals surface area contributed by atoms with Gasteiger partial charge in [-0.15, -0.1) is 0 Å². The number of aliphatic hydroxyl groups excluding tert-OH is 2. The third-order valence-corrected chi connectivity index (χ3v) is 4.13. The summed E-state index contributed by atoms with van der Waals surface area (Å²) in [7, 11) is 3.37. The molecule has 0 fully saturated rings. The monoisotopic (exact) mass is 324 g/mol.